The van der Waals surface area contributed by atoms with Gasteiger partial charge in [-0.25, -0.2) is 0 Å². The summed E-state index contributed by atoms with van der Waals surface area (Å²) in [6.45, 7) is 5.73. The molecule has 0 aromatic rings. The van der Waals surface area contributed by atoms with Gasteiger partial charge in [0.05, 0.1) is 0 Å². The second-order valence-corrected chi connectivity index (χ2v) is 4.29. The Hall–Kier alpha value is -0.0800. The van der Waals surface area contributed by atoms with Crippen LogP contribution in [0.1, 0.15) is 33.1 Å². The highest BCUT2D eigenvalue weighted by Gasteiger charge is 2.24. The monoisotopic (exact) mass is 157 g/mol. The van der Waals surface area contributed by atoms with Gasteiger partial charge in [-0.15, -0.1) is 0 Å². The molecule has 1 rings (SSSR count). The molecule has 0 bridgehead atoms. The third-order valence-electron chi connectivity index (χ3n) is 2.24. The zero-order valence-electron chi connectivity index (χ0n) is 7.56. The van der Waals surface area contributed by atoms with Gasteiger partial charge in [-0.1, -0.05) is 13.8 Å². The number of aliphatic hydroxyl groups is 1. The molecule has 1 fully saturated rings. The first-order valence-electron chi connectivity index (χ1n) is 4.48. The van der Waals surface area contributed by atoms with Crippen LogP contribution in [0.15, 0.2) is 0 Å². The van der Waals surface area contributed by atoms with Crippen molar-refractivity contribution >= 4 is 0 Å². The number of aliphatic hydroxyl groups excluding tert-OH is 1. The van der Waals surface area contributed by atoms with Crippen LogP contribution in [0.3, 0.4) is 0 Å². The molecule has 1 saturated carbocycles. The first-order chi connectivity index (χ1) is 5.14. The Labute approximate surface area is 69.0 Å². The van der Waals surface area contributed by atoms with E-state index in [2.05, 4.69) is 19.2 Å². The lowest BCUT2D eigenvalue weighted by Crippen LogP contribution is -2.31. The van der Waals surface area contributed by atoms with Crippen molar-refractivity contribution in [3.63, 3.8) is 0 Å². The van der Waals surface area contributed by atoms with Gasteiger partial charge >= 0.3 is 0 Å². The van der Waals surface area contributed by atoms with Crippen molar-refractivity contribution in [2.24, 2.45) is 5.41 Å². The first-order valence-corrected chi connectivity index (χ1v) is 4.48. The van der Waals surface area contributed by atoms with Crippen LogP contribution in [-0.2, 0) is 0 Å². The average Bonchev–Trinajstić information content (AvgIpc) is 2.65. The van der Waals surface area contributed by atoms with Crippen molar-refractivity contribution in [3.8, 4) is 0 Å². The molecule has 2 heteroatoms. The topological polar surface area (TPSA) is 32.3 Å². The summed E-state index contributed by atoms with van der Waals surface area (Å²) in [6.07, 6.45) is 3.58. The van der Waals surface area contributed by atoms with Gasteiger partial charge in [0.1, 0.15) is 0 Å². The Morgan fingerprint density at radius 2 is 2.09 bits per heavy atom. The fourth-order valence-electron chi connectivity index (χ4n) is 1.10. The van der Waals surface area contributed by atoms with Gasteiger partial charge in [-0.3, -0.25) is 0 Å². The van der Waals surface area contributed by atoms with E-state index in [-0.39, 0.29) is 5.41 Å². The summed E-state index contributed by atoms with van der Waals surface area (Å²) < 4.78 is 0. The lowest BCUT2D eigenvalue weighted by molar-refractivity contribution is 0.207. The van der Waals surface area contributed by atoms with Gasteiger partial charge in [0, 0.05) is 19.2 Å². The lowest BCUT2D eigenvalue weighted by Gasteiger charge is -2.23. The molecule has 1 aliphatic rings. The Morgan fingerprint density at radius 3 is 2.55 bits per heavy atom. The van der Waals surface area contributed by atoms with Crippen LogP contribution < -0.4 is 5.32 Å². The highest BCUT2D eigenvalue weighted by atomic mass is 16.3. The molecule has 0 unspecified atom stereocenters. The van der Waals surface area contributed by atoms with Crippen molar-refractivity contribution in [1.29, 1.82) is 0 Å². The molecule has 66 valence electrons. The molecule has 0 aromatic carbocycles. The van der Waals surface area contributed by atoms with E-state index in [1.807, 2.05) is 0 Å². The smallest absolute Gasteiger partial charge is 0.0436 e. The van der Waals surface area contributed by atoms with E-state index in [9.17, 15) is 0 Å². The SMILES string of the molecule is CC(C)(CCO)CNC1CC1. The second-order valence-electron chi connectivity index (χ2n) is 4.29. The van der Waals surface area contributed by atoms with E-state index >= 15 is 0 Å². The molecule has 0 atom stereocenters. The minimum atomic E-state index is 0.261. The maximum absolute atomic E-state index is 8.75. The molecule has 0 saturated heterocycles. The maximum Gasteiger partial charge on any atom is 0.0436 e. The van der Waals surface area contributed by atoms with Crippen molar-refractivity contribution in [2.75, 3.05) is 13.2 Å². The first kappa shape index (κ1) is 9.01. The van der Waals surface area contributed by atoms with Gasteiger partial charge in [-0.2, -0.15) is 0 Å². The Balaban J connectivity index is 2.09. The minimum absolute atomic E-state index is 0.261. The second kappa shape index (κ2) is 3.55. The van der Waals surface area contributed by atoms with Gasteiger partial charge < -0.3 is 10.4 Å². The molecule has 2 N–H and O–H groups in total. The summed E-state index contributed by atoms with van der Waals surface area (Å²) in [5, 5.41) is 12.2. The van der Waals surface area contributed by atoms with E-state index in [1.54, 1.807) is 0 Å². The third kappa shape index (κ3) is 3.73. The van der Waals surface area contributed by atoms with Gasteiger partial charge in [0.15, 0.2) is 0 Å². The quantitative estimate of drug-likeness (QED) is 0.627. The Bertz CT molecular complexity index is 119. The predicted molar refractivity (Wildman–Crippen MR) is 46.5 cm³/mol. The molecule has 2 nitrogen and oxygen atoms in total. The average molecular weight is 157 g/mol. The molecule has 0 heterocycles. The van der Waals surface area contributed by atoms with Crippen molar-refractivity contribution in [2.45, 2.75) is 39.2 Å². The normalized spacial score (nSPS) is 18.8. The molecular formula is C9H19NO. The van der Waals surface area contributed by atoms with E-state index in [0.717, 1.165) is 19.0 Å². The van der Waals surface area contributed by atoms with Gasteiger partial charge in [-0.05, 0) is 24.7 Å². The van der Waals surface area contributed by atoms with E-state index in [0.29, 0.717) is 6.61 Å². The molecule has 0 amide bonds. The van der Waals surface area contributed by atoms with Crippen LogP contribution in [0.25, 0.3) is 0 Å². The number of nitrogens with one attached hydrogen (secondary N) is 1. The number of rotatable bonds is 5. The highest BCUT2D eigenvalue weighted by Crippen LogP contribution is 2.23. The molecule has 11 heavy (non-hydrogen) atoms. The number of hydrogen-bond donors (Lipinski definition) is 2. The van der Waals surface area contributed by atoms with Crippen molar-refractivity contribution in [1.82, 2.24) is 5.32 Å². The zero-order valence-corrected chi connectivity index (χ0v) is 7.56. The van der Waals surface area contributed by atoms with E-state index < -0.39 is 0 Å². The van der Waals surface area contributed by atoms with Gasteiger partial charge in [0.2, 0.25) is 0 Å². The van der Waals surface area contributed by atoms with Crippen molar-refractivity contribution in [3.05, 3.63) is 0 Å². The van der Waals surface area contributed by atoms with Crippen LogP contribution in [-0.4, -0.2) is 24.3 Å². The van der Waals surface area contributed by atoms with E-state index in [1.165, 1.54) is 12.8 Å². The Morgan fingerprint density at radius 1 is 1.45 bits per heavy atom. The summed E-state index contributed by atoms with van der Waals surface area (Å²) in [5.74, 6) is 0. The molecule has 0 aromatic heterocycles. The molecule has 0 radical (unpaired) electrons. The largest absolute Gasteiger partial charge is 0.396 e. The lowest BCUT2D eigenvalue weighted by atomic mass is 9.90. The fraction of sp³-hybridized carbons (Fsp3) is 1.00. The summed E-state index contributed by atoms with van der Waals surface area (Å²) in [6, 6.07) is 0.785. The van der Waals surface area contributed by atoms with Crippen LogP contribution >= 0.6 is 0 Å². The van der Waals surface area contributed by atoms with Crippen LogP contribution in [0.2, 0.25) is 0 Å². The minimum Gasteiger partial charge on any atom is -0.396 e. The van der Waals surface area contributed by atoms with Crippen LogP contribution in [0, 0.1) is 5.41 Å². The number of hydrogen-bond acceptors (Lipinski definition) is 2. The van der Waals surface area contributed by atoms with E-state index in [4.69, 9.17) is 5.11 Å². The summed E-state index contributed by atoms with van der Waals surface area (Å²) >= 11 is 0. The van der Waals surface area contributed by atoms with Crippen LogP contribution in [0.4, 0.5) is 0 Å². The predicted octanol–water partition coefficient (Wildman–Crippen LogP) is 1.15. The summed E-state index contributed by atoms with van der Waals surface area (Å²) in [7, 11) is 0. The molecule has 0 spiro atoms. The molecule has 1 aliphatic carbocycles. The van der Waals surface area contributed by atoms with Crippen LogP contribution in [0.5, 0.6) is 0 Å². The summed E-state index contributed by atoms with van der Waals surface area (Å²) in [5.41, 5.74) is 0.261. The molecular weight excluding hydrogens is 138 g/mol. The standard InChI is InChI=1S/C9H19NO/c1-9(2,5-6-11)7-10-8-3-4-8/h8,10-11H,3-7H2,1-2H3. The third-order valence-corrected chi connectivity index (χ3v) is 2.24. The maximum atomic E-state index is 8.75. The highest BCUT2D eigenvalue weighted by molar-refractivity contribution is 4.83. The van der Waals surface area contributed by atoms with Gasteiger partial charge in [0.25, 0.3) is 0 Å². The van der Waals surface area contributed by atoms with Crippen molar-refractivity contribution < 1.29 is 5.11 Å². The fourth-order valence-corrected chi connectivity index (χ4v) is 1.10. The zero-order chi connectivity index (χ0) is 8.32. The Kier molecular flexibility index (Phi) is 2.90. The molecule has 0 aliphatic heterocycles. The summed E-state index contributed by atoms with van der Waals surface area (Å²) in [4.78, 5) is 0.